The average Bonchev–Trinajstić information content (AvgIpc) is 3.01. The van der Waals surface area contributed by atoms with Gasteiger partial charge < -0.3 is 19.9 Å². The van der Waals surface area contributed by atoms with Crippen molar-refractivity contribution in [3.05, 3.63) is 47.9 Å². The highest BCUT2D eigenvalue weighted by Crippen LogP contribution is 2.20. The van der Waals surface area contributed by atoms with Crippen LogP contribution in [0.4, 0.5) is 0 Å². The fourth-order valence-corrected chi connectivity index (χ4v) is 1.51. The van der Waals surface area contributed by atoms with E-state index in [0.717, 1.165) is 6.07 Å². The van der Waals surface area contributed by atoms with Crippen LogP contribution in [0.25, 0.3) is 0 Å². The maximum Gasteiger partial charge on any atom is 0.287 e. The lowest BCUT2D eigenvalue weighted by atomic mass is 10.2. The molecule has 1 aromatic heterocycles. The number of carbonyl (C=O) groups is 2. The summed E-state index contributed by atoms with van der Waals surface area (Å²) in [5.74, 6) is -1.22. The molecule has 0 aliphatic rings. The minimum atomic E-state index is -0.547. The third-order valence-corrected chi connectivity index (χ3v) is 2.56. The Bertz CT molecular complexity index is 695. The number of amides is 2. The van der Waals surface area contributed by atoms with Gasteiger partial charge in [0.25, 0.3) is 11.8 Å². The molecule has 0 saturated carbocycles. The van der Waals surface area contributed by atoms with Gasteiger partial charge in [-0.1, -0.05) is 0 Å². The Kier molecular flexibility index (Phi) is 4.76. The van der Waals surface area contributed by atoms with Crippen LogP contribution >= 0.6 is 0 Å². The molecule has 2 aromatic rings. The highest BCUT2D eigenvalue weighted by atomic mass is 16.3. The van der Waals surface area contributed by atoms with Gasteiger partial charge in [-0.15, -0.1) is 0 Å². The minimum Gasteiger partial charge on any atom is -0.508 e. The molecule has 4 N–H and O–H groups in total. The minimum absolute atomic E-state index is 0.0840. The van der Waals surface area contributed by atoms with Crippen LogP contribution in [0.5, 0.6) is 11.5 Å². The van der Waals surface area contributed by atoms with Crippen LogP contribution in [0.3, 0.4) is 0 Å². The summed E-state index contributed by atoms with van der Waals surface area (Å²) in [7, 11) is 0. The van der Waals surface area contributed by atoms with Gasteiger partial charge in [-0.3, -0.25) is 9.59 Å². The summed E-state index contributed by atoms with van der Waals surface area (Å²) in [6, 6.07) is 6.97. The molecule has 2 amide bonds. The molecule has 114 valence electrons. The normalized spacial score (nSPS) is 10.5. The van der Waals surface area contributed by atoms with Gasteiger partial charge in [-0.05, 0) is 24.3 Å². The fraction of sp³-hybridized carbons (Fsp3) is 0.0714. The summed E-state index contributed by atoms with van der Waals surface area (Å²) in [4.78, 5) is 23.0. The Morgan fingerprint density at radius 1 is 1.27 bits per heavy atom. The number of hydrazone groups is 1. The van der Waals surface area contributed by atoms with E-state index in [1.807, 2.05) is 0 Å². The van der Waals surface area contributed by atoms with E-state index in [9.17, 15) is 14.7 Å². The molecule has 22 heavy (non-hydrogen) atoms. The SMILES string of the molecule is O=C(CNC(=O)c1ccco1)N/N=C\c1ccc(O)cc1O. The first-order valence-electron chi connectivity index (χ1n) is 6.22. The number of nitrogens with one attached hydrogen (secondary N) is 2. The summed E-state index contributed by atoms with van der Waals surface area (Å²) < 4.78 is 4.87. The molecule has 8 nitrogen and oxygen atoms in total. The highest BCUT2D eigenvalue weighted by molar-refractivity contribution is 5.94. The predicted octanol–water partition coefficient (Wildman–Crippen LogP) is 0.571. The Morgan fingerprint density at radius 2 is 2.09 bits per heavy atom. The molecule has 0 saturated heterocycles. The van der Waals surface area contributed by atoms with Gasteiger partial charge in [0.1, 0.15) is 11.5 Å². The first-order chi connectivity index (χ1) is 10.6. The van der Waals surface area contributed by atoms with Crippen molar-refractivity contribution in [2.24, 2.45) is 5.10 Å². The Morgan fingerprint density at radius 3 is 2.77 bits per heavy atom. The highest BCUT2D eigenvalue weighted by Gasteiger charge is 2.09. The molecule has 1 aromatic carbocycles. The van der Waals surface area contributed by atoms with Crippen molar-refractivity contribution in [3.8, 4) is 11.5 Å². The standard InChI is InChI=1S/C14H13N3O5/c18-10-4-3-9(11(19)6-10)7-16-17-13(20)8-15-14(21)12-2-1-5-22-12/h1-7,18-19H,8H2,(H,15,21)(H,17,20)/b16-7-. The zero-order valence-corrected chi connectivity index (χ0v) is 11.3. The van der Waals surface area contributed by atoms with Crippen molar-refractivity contribution < 1.29 is 24.2 Å². The van der Waals surface area contributed by atoms with Crippen molar-refractivity contribution in [2.75, 3.05) is 6.54 Å². The molecule has 0 aliphatic heterocycles. The van der Waals surface area contributed by atoms with E-state index in [2.05, 4.69) is 15.8 Å². The van der Waals surface area contributed by atoms with Crippen LogP contribution in [-0.2, 0) is 4.79 Å². The van der Waals surface area contributed by atoms with Crippen molar-refractivity contribution in [1.29, 1.82) is 0 Å². The number of nitrogens with zero attached hydrogens (tertiary/aromatic N) is 1. The van der Waals surface area contributed by atoms with Crippen LogP contribution < -0.4 is 10.7 Å². The van der Waals surface area contributed by atoms with Crippen molar-refractivity contribution >= 4 is 18.0 Å². The van der Waals surface area contributed by atoms with Crippen molar-refractivity contribution in [3.63, 3.8) is 0 Å². The van der Waals surface area contributed by atoms with Crippen LogP contribution in [-0.4, -0.2) is 34.8 Å². The maximum atomic E-state index is 11.5. The molecular formula is C14H13N3O5. The second-order valence-electron chi connectivity index (χ2n) is 4.20. The lowest BCUT2D eigenvalue weighted by Gasteiger charge is -2.02. The van der Waals surface area contributed by atoms with E-state index in [1.165, 1.54) is 30.7 Å². The smallest absolute Gasteiger partial charge is 0.287 e. The summed E-state index contributed by atoms with van der Waals surface area (Å²) >= 11 is 0. The number of carbonyl (C=O) groups excluding carboxylic acids is 2. The largest absolute Gasteiger partial charge is 0.508 e. The number of hydrogen-bond acceptors (Lipinski definition) is 6. The molecule has 0 bridgehead atoms. The van der Waals surface area contributed by atoms with Gasteiger partial charge in [0, 0.05) is 11.6 Å². The summed E-state index contributed by atoms with van der Waals surface area (Å²) in [6.45, 7) is -0.279. The first-order valence-corrected chi connectivity index (χ1v) is 6.22. The number of phenolic OH excluding ortho intramolecular Hbond substituents is 2. The van der Waals surface area contributed by atoms with Gasteiger partial charge in [0.05, 0.1) is 19.0 Å². The van der Waals surface area contributed by atoms with Crippen LogP contribution in [0.15, 0.2) is 46.1 Å². The zero-order valence-electron chi connectivity index (χ0n) is 11.3. The molecule has 0 radical (unpaired) electrons. The molecule has 0 unspecified atom stereocenters. The summed E-state index contributed by atoms with van der Waals surface area (Å²) in [5.41, 5.74) is 2.50. The van der Waals surface area contributed by atoms with Gasteiger partial charge in [0.15, 0.2) is 5.76 Å². The van der Waals surface area contributed by atoms with Crippen molar-refractivity contribution in [1.82, 2.24) is 10.7 Å². The number of rotatable bonds is 5. The van der Waals surface area contributed by atoms with Crippen molar-refractivity contribution in [2.45, 2.75) is 0 Å². The number of furan rings is 1. The van der Waals surface area contributed by atoms with Gasteiger partial charge in [-0.2, -0.15) is 5.10 Å². The molecule has 2 rings (SSSR count). The maximum absolute atomic E-state index is 11.5. The first kappa shape index (κ1) is 15.1. The molecule has 0 atom stereocenters. The Labute approximate surface area is 125 Å². The van der Waals surface area contributed by atoms with Crippen LogP contribution in [0.1, 0.15) is 16.1 Å². The summed E-state index contributed by atoms with van der Waals surface area (Å²) in [6.07, 6.45) is 2.56. The predicted molar refractivity (Wildman–Crippen MR) is 76.5 cm³/mol. The fourth-order valence-electron chi connectivity index (χ4n) is 1.51. The van der Waals surface area contributed by atoms with E-state index in [4.69, 9.17) is 9.52 Å². The van der Waals surface area contributed by atoms with E-state index in [1.54, 1.807) is 6.07 Å². The average molecular weight is 303 g/mol. The van der Waals surface area contributed by atoms with Gasteiger partial charge in [0.2, 0.25) is 0 Å². The zero-order chi connectivity index (χ0) is 15.9. The molecule has 0 aliphatic carbocycles. The van der Waals surface area contributed by atoms with Crippen LogP contribution in [0.2, 0.25) is 0 Å². The van der Waals surface area contributed by atoms with E-state index < -0.39 is 11.8 Å². The molecule has 8 heteroatoms. The second-order valence-corrected chi connectivity index (χ2v) is 4.20. The Hall–Kier alpha value is -3.29. The second kappa shape index (κ2) is 6.93. The third kappa shape index (κ3) is 4.10. The van der Waals surface area contributed by atoms with E-state index >= 15 is 0 Å². The molecule has 1 heterocycles. The van der Waals surface area contributed by atoms with Gasteiger partial charge in [-0.25, -0.2) is 5.43 Å². The van der Waals surface area contributed by atoms with E-state index in [0.29, 0.717) is 5.56 Å². The summed E-state index contributed by atoms with van der Waals surface area (Å²) in [5, 5.41) is 24.6. The quantitative estimate of drug-likeness (QED) is 0.475. The number of benzene rings is 1. The lowest BCUT2D eigenvalue weighted by Crippen LogP contribution is -2.34. The molecular weight excluding hydrogens is 290 g/mol. The Balaban J connectivity index is 1.80. The molecule has 0 fully saturated rings. The number of phenols is 2. The lowest BCUT2D eigenvalue weighted by molar-refractivity contribution is -0.120. The van der Waals surface area contributed by atoms with E-state index in [-0.39, 0.29) is 23.8 Å². The molecule has 0 spiro atoms. The number of aromatic hydroxyl groups is 2. The monoisotopic (exact) mass is 303 g/mol. The number of hydrogen-bond donors (Lipinski definition) is 4. The van der Waals surface area contributed by atoms with Gasteiger partial charge >= 0.3 is 0 Å². The third-order valence-electron chi connectivity index (χ3n) is 2.56. The topological polar surface area (TPSA) is 124 Å². The van der Waals surface area contributed by atoms with Crippen LogP contribution in [0, 0.1) is 0 Å².